The number of carbonyl (C=O) groups excluding carboxylic acids is 1. The Kier molecular flexibility index (Phi) is 7.07. The van der Waals surface area contributed by atoms with Gasteiger partial charge in [-0.2, -0.15) is 0 Å². The summed E-state index contributed by atoms with van der Waals surface area (Å²) in [6, 6.07) is 29.6. The lowest BCUT2D eigenvalue weighted by Gasteiger charge is -2.22. The van der Waals surface area contributed by atoms with E-state index in [4.69, 9.17) is 0 Å². The Morgan fingerprint density at radius 1 is 0.714 bits per heavy atom. The maximum atomic E-state index is 12.9. The summed E-state index contributed by atoms with van der Waals surface area (Å²) in [7, 11) is 0. The van der Waals surface area contributed by atoms with Crippen molar-refractivity contribution >= 4 is 22.4 Å². The fourth-order valence-corrected chi connectivity index (χ4v) is 4.74. The van der Waals surface area contributed by atoms with Gasteiger partial charge in [0.15, 0.2) is 0 Å². The smallest absolute Gasteiger partial charge is 0.255 e. The molecule has 178 valence electrons. The van der Waals surface area contributed by atoms with Crippen LogP contribution in [0.3, 0.4) is 0 Å². The first-order valence-electron chi connectivity index (χ1n) is 12.2. The van der Waals surface area contributed by atoms with Crippen LogP contribution in [0.4, 0.5) is 5.69 Å². The highest BCUT2D eigenvalue weighted by Crippen LogP contribution is 2.19. The van der Waals surface area contributed by atoms with Crippen molar-refractivity contribution in [2.75, 3.05) is 31.5 Å². The van der Waals surface area contributed by atoms with Crippen LogP contribution in [-0.2, 0) is 13.1 Å². The normalized spacial score (nSPS) is 15.1. The van der Waals surface area contributed by atoms with Gasteiger partial charge < -0.3 is 10.4 Å². The Morgan fingerprint density at radius 3 is 2.20 bits per heavy atom. The van der Waals surface area contributed by atoms with E-state index in [1.54, 1.807) is 12.1 Å². The predicted molar refractivity (Wildman–Crippen MR) is 142 cm³/mol. The largest absolute Gasteiger partial charge is 0.508 e. The number of phenolic OH excluding ortho intramolecular Hbond substituents is 1. The van der Waals surface area contributed by atoms with Crippen molar-refractivity contribution in [1.82, 2.24) is 9.80 Å². The van der Waals surface area contributed by atoms with Gasteiger partial charge in [-0.15, -0.1) is 0 Å². The van der Waals surface area contributed by atoms with Crippen molar-refractivity contribution in [1.29, 1.82) is 0 Å². The molecular formula is C30H31N3O2. The van der Waals surface area contributed by atoms with Crippen LogP contribution in [0.2, 0.25) is 0 Å². The standard InChI is InChI=1S/C30H31N3O2/c34-29-13-9-23(10-14-29)21-32-15-4-16-33(18-17-32)22-24-5-3-8-28(19-24)31-30(35)27-12-11-25-6-1-2-7-26(25)20-27/h1-3,5-14,19-20,34H,4,15-18,21-22H2,(H,31,35). The zero-order valence-electron chi connectivity index (χ0n) is 19.9. The maximum absolute atomic E-state index is 12.9. The van der Waals surface area contributed by atoms with Crippen LogP contribution >= 0.6 is 0 Å². The van der Waals surface area contributed by atoms with Gasteiger partial charge in [-0.1, -0.05) is 54.6 Å². The molecule has 0 aromatic heterocycles. The van der Waals surface area contributed by atoms with E-state index in [2.05, 4.69) is 33.3 Å². The second-order valence-corrected chi connectivity index (χ2v) is 9.29. The van der Waals surface area contributed by atoms with Crippen molar-refractivity contribution in [2.24, 2.45) is 0 Å². The zero-order chi connectivity index (χ0) is 24.0. The summed E-state index contributed by atoms with van der Waals surface area (Å²) >= 11 is 0. The summed E-state index contributed by atoms with van der Waals surface area (Å²) in [5.74, 6) is 0.221. The lowest BCUT2D eigenvalue weighted by Crippen LogP contribution is -2.30. The molecule has 4 aromatic rings. The van der Waals surface area contributed by atoms with Gasteiger partial charge in [0.2, 0.25) is 0 Å². The monoisotopic (exact) mass is 465 g/mol. The minimum Gasteiger partial charge on any atom is -0.508 e. The van der Waals surface area contributed by atoms with Crippen LogP contribution in [0.25, 0.3) is 10.8 Å². The lowest BCUT2D eigenvalue weighted by atomic mass is 10.1. The maximum Gasteiger partial charge on any atom is 0.255 e. The molecule has 2 N–H and O–H groups in total. The Bertz CT molecular complexity index is 1300. The third kappa shape index (κ3) is 6.07. The number of carbonyl (C=O) groups is 1. The second kappa shape index (κ2) is 10.7. The van der Waals surface area contributed by atoms with Crippen molar-refractivity contribution in [2.45, 2.75) is 19.5 Å². The number of nitrogens with one attached hydrogen (secondary N) is 1. The topological polar surface area (TPSA) is 55.8 Å². The third-order valence-electron chi connectivity index (χ3n) is 6.63. The van der Waals surface area contributed by atoms with Crippen molar-refractivity contribution < 1.29 is 9.90 Å². The highest BCUT2D eigenvalue weighted by molar-refractivity contribution is 6.06. The number of aromatic hydroxyl groups is 1. The molecule has 1 fully saturated rings. The molecule has 1 aliphatic rings. The Hall–Kier alpha value is -3.67. The molecule has 0 radical (unpaired) electrons. The number of phenols is 1. The van der Waals surface area contributed by atoms with Crippen LogP contribution in [0.1, 0.15) is 27.9 Å². The van der Waals surface area contributed by atoms with Crippen molar-refractivity contribution in [3.63, 3.8) is 0 Å². The van der Waals surface area contributed by atoms with Crippen LogP contribution < -0.4 is 5.32 Å². The molecule has 1 saturated heterocycles. The third-order valence-corrected chi connectivity index (χ3v) is 6.63. The predicted octanol–water partition coefficient (Wildman–Crippen LogP) is 5.51. The summed E-state index contributed by atoms with van der Waals surface area (Å²) in [6.45, 7) is 5.92. The van der Waals surface area contributed by atoms with E-state index < -0.39 is 0 Å². The van der Waals surface area contributed by atoms with Crippen molar-refractivity contribution in [3.05, 3.63) is 108 Å². The number of rotatable bonds is 6. The SMILES string of the molecule is O=C(Nc1cccc(CN2CCCN(Cc3ccc(O)cc3)CC2)c1)c1ccc2ccccc2c1. The fourth-order valence-electron chi connectivity index (χ4n) is 4.74. The van der Waals surface area contributed by atoms with Crippen LogP contribution in [0.15, 0.2) is 91.0 Å². The zero-order valence-corrected chi connectivity index (χ0v) is 19.9. The summed E-state index contributed by atoms with van der Waals surface area (Å²) in [6.07, 6.45) is 1.12. The molecule has 1 amide bonds. The lowest BCUT2D eigenvalue weighted by molar-refractivity contribution is 0.102. The summed E-state index contributed by atoms with van der Waals surface area (Å²) in [5, 5.41) is 14.8. The highest BCUT2D eigenvalue weighted by Gasteiger charge is 2.16. The molecule has 5 nitrogen and oxygen atoms in total. The Balaban J connectivity index is 1.18. The molecule has 35 heavy (non-hydrogen) atoms. The molecule has 4 aromatic carbocycles. The molecule has 0 saturated carbocycles. The number of nitrogens with zero attached hydrogens (tertiary/aromatic N) is 2. The molecule has 5 rings (SSSR count). The Labute approximate surface area is 206 Å². The van der Waals surface area contributed by atoms with E-state index in [0.29, 0.717) is 11.3 Å². The van der Waals surface area contributed by atoms with E-state index in [9.17, 15) is 9.90 Å². The van der Waals surface area contributed by atoms with E-state index in [0.717, 1.165) is 62.1 Å². The van der Waals surface area contributed by atoms with Gasteiger partial charge in [0, 0.05) is 37.4 Å². The summed E-state index contributed by atoms with van der Waals surface area (Å²) in [4.78, 5) is 17.8. The average molecular weight is 466 g/mol. The number of benzene rings is 4. The Morgan fingerprint density at radius 2 is 1.43 bits per heavy atom. The molecule has 5 heteroatoms. The van der Waals surface area contributed by atoms with Gasteiger partial charge in [0.25, 0.3) is 5.91 Å². The fraction of sp³-hybridized carbons (Fsp3) is 0.233. The number of amides is 1. The number of hydrogen-bond donors (Lipinski definition) is 2. The molecule has 1 heterocycles. The van der Waals surface area contributed by atoms with E-state index in [1.807, 2.05) is 60.7 Å². The van der Waals surface area contributed by atoms with Gasteiger partial charge in [0.1, 0.15) is 5.75 Å². The average Bonchev–Trinajstić information content (AvgIpc) is 3.10. The van der Waals surface area contributed by atoms with Crippen LogP contribution in [-0.4, -0.2) is 47.0 Å². The molecule has 0 atom stereocenters. The van der Waals surface area contributed by atoms with Gasteiger partial charge in [0.05, 0.1) is 0 Å². The molecule has 0 aliphatic carbocycles. The van der Waals surface area contributed by atoms with Crippen LogP contribution in [0, 0.1) is 0 Å². The first kappa shape index (κ1) is 23.1. The first-order chi connectivity index (χ1) is 17.1. The molecular weight excluding hydrogens is 434 g/mol. The summed E-state index contributed by atoms with van der Waals surface area (Å²) in [5.41, 5.74) is 3.92. The van der Waals surface area contributed by atoms with Gasteiger partial charge in [-0.05, 0) is 77.8 Å². The highest BCUT2D eigenvalue weighted by atomic mass is 16.3. The van der Waals surface area contributed by atoms with E-state index in [1.165, 1.54) is 11.1 Å². The molecule has 0 spiro atoms. The van der Waals surface area contributed by atoms with E-state index in [-0.39, 0.29) is 5.91 Å². The first-order valence-corrected chi connectivity index (χ1v) is 12.2. The summed E-state index contributed by atoms with van der Waals surface area (Å²) < 4.78 is 0. The minimum atomic E-state index is -0.0902. The molecule has 0 bridgehead atoms. The van der Waals surface area contributed by atoms with Gasteiger partial charge in [-0.25, -0.2) is 0 Å². The van der Waals surface area contributed by atoms with Crippen molar-refractivity contribution in [3.8, 4) is 5.75 Å². The van der Waals surface area contributed by atoms with Gasteiger partial charge in [-0.3, -0.25) is 14.6 Å². The minimum absolute atomic E-state index is 0.0902. The molecule has 1 aliphatic heterocycles. The molecule has 0 unspecified atom stereocenters. The number of anilines is 1. The number of hydrogen-bond acceptors (Lipinski definition) is 4. The van der Waals surface area contributed by atoms with Crippen LogP contribution in [0.5, 0.6) is 5.75 Å². The van der Waals surface area contributed by atoms with Gasteiger partial charge >= 0.3 is 0 Å². The van der Waals surface area contributed by atoms with E-state index >= 15 is 0 Å². The second-order valence-electron chi connectivity index (χ2n) is 9.29. The number of fused-ring (bicyclic) bond motifs is 1. The quantitative estimate of drug-likeness (QED) is 0.395.